The number of carbonyl (C=O) groups excluding carboxylic acids is 1. The van der Waals surface area contributed by atoms with Crippen molar-refractivity contribution in [1.29, 1.82) is 0 Å². The molecule has 0 saturated carbocycles. The molecule has 2 rings (SSSR count). The molecule has 0 spiro atoms. The first kappa shape index (κ1) is 14.5. The number of isocyanates is 1. The summed E-state index contributed by atoms with van der Waals surface area (Å²) in [6.45, 7) is 1.69. The lowest BCUT2D eigenvalue weighted by molar-refractivity contribution is 0.565. The molecule has 5 nitrogen and oxygen atoms in total. The predicted octanol–water partition coefficient (Wildman–Crippen LogP) is 2.63. The molecule has 0 aliphatic rings. The number of benzene rings is 1. The molecule has 2 aromatic rings. The van der Waals surface area contributed by atoms with Crippen molar-refractivity contribution in [3.8, 4) is 10.4 Å². The Kier molecular flexibility index (Phi) is 3.80. The van der Waals surface area contributed by atoms with Crippen LogP contribution in [0, 0.1) is 12.7 Å². The molecule has 0 amide bonds. The topological polar surface area (TPSA) is 76.5 Å². The van der Waals surface area contributed by atoms with Gasteiger partial charge in [0, 0.05) is 6.26 Å². The van der Waals surface area contributed by atoms with Gasteiger partial charge in [-0.3, -0.25) is 0 Å². The molecule has 1 heterocycles. The summed E-state index contributed by atoms with van der Waals surface area (Å²) < 4.78 is 36.5. The van der Waals surface area contributed by atoms with Gasteiger partial charge >= 0.3 is 0 Å². The zero-order chi connectivity index (χ0) is 14.9. The smallest absolute Gasteiger partial charge is 0.224 e. The second-order valence-corrected chi connectivity index (χ2v) is 6.99. The normalized spacial score (nSPS) is 11.2. The summed E-state index contributed by atoms with van der Waals surface area (Å²) >= 11 is 1.10. The maximum atomic E-state index is 13.8. The summed E-state index contributed by atoms with van der Waals surface area (Å²) in [4.78, 5) is 17.9. The molecule has 1 aromatic carbocycles. The Morgan fingerprint density at radius 2 is 2.10 bits per heavy atom. The number of thiazole rings is 1. The Balaban J connectivity index is 2.55. The Bertz CT molecular complexity index is 821. The average Bonchev–Trinajstić information content (AvgIpc) is 2.69. The zero-order valence-electron chi connectivity index (χ0n) is 10.5. The standard InChI is InChI=1S/C12H9FN2O3S2/c1-7-11(19-12(15-7)14-6-16)8-3-4-10(9(13)5-8)20(2,17)18/h3-5H,1-2H3. The number of aromatic nitrogens is 1. The fourth-order valence-corrected chi connectivity index (χ4v) is 3.29. The number of aryl methyl sites for hydroxylation is 1. The van der Waals surface area contributed by atoms with Crippen LogP contribution in [-0.2, 0) is 14.6 Å². The van der Waals surface area contributed by atoms with Gasteiger partial charge < -0.3 is 0 Å². The van der Waals surface area contributed by atoms with Crippen LogP contribution in [0.3, 0.4) is 0 Å². The van der Waals surface area contributed by atoms with Crippen LogP contribution in [0.15, 0.2) is 28.1 Å². The lowest BCUT2D eigenvalue weighted by Crippen LogP contribution is -2.00. The molecule has 0 radical (unpaired) electrons. The molecule has 8 heteroatoms. The van der Waals surface area contributed by atoms with E-state index in [1.54, 1.807) is 6.92 Å². The van der Waals surface area contributed by atoms with Crippen LogP contribution >= 0.6 is 11.3 Å². The van der Waals surface area contributed by atoms with Gasteiger partial charge in [-0.1, -0.05) is 17.4 Å². The van der Waals surface area contributed by atoms with Crippen molar-refractivity contribution in [1.82, 2.24) is 4.98 Å². The summed E-state index contributed by atoms with van der Waals surface area (Å²) in [6, 6.07) is 3.83. The molecule has 0 saturated heterocycles. The van der Waals surface area contributed by atoms with E-state index in [2.05, 4.69) is 9.98 Å². The van der Waals surface area contributed by atoms with Crippen LogP contribution in [0.2, 0.25) is 0 Å². The van der Waals surface area contributed by atoms with Gasteiger partial charge in [-0.2, -0.15) is 0 Å². The molecule has 0 aliphatic heterocycles. The molecule has 0 atom stereocenters. The third-order valence-electron chi connectivity index (χ3n) is 2.52. The highest BCUT2D eigenvalue weighted by Gasteiger charge is 2.16. The molecule has 104 valence electrons. The van der Waals surface area contributed by atoms with Gasteiger partial charge in [0.05, 0.1) is 10.6 Å². The maximum absolute atomic E-state index is 13.8. The number of hydrogen-bond acceptors (Lipinski definition) is 6. The van der Waals surface area contributed by atoms with Crippen molar-refractivity contribution < 1.29 is 17.6 Å². The van der Waals surface area contributed by atoms with Gasteiger partial charge in [0.2, 0.25) is 11.2 Å². The number of halogens is 1. The van der Waals surface area contributed by atoms with E-state index < -0.39 is 15.7 Å². The summed E-state index contributed by atoms with van der Waals surface area (Å²) in [5.41, 5.74) is 1.06. The SMILES string of the molecule is Cc1nc(N=C=O)sc1-c1ccc(S(C)(=O)=O)c(F)c1. The van der Waals surface area contributed by atoms with Gasteiger partial charge in [0.1, 0.15) is 10.7 Å². The minimum atomic E-state index is -3.60. The molecule has 0 unspecified atom stereocenters. The summed E-state index contributed by atoms with van der Waals surface area (Å²) in [7, 11) is -3.60. The summed E-state index contributed by atoms with van der Waals surface area (Å²) in [5.74, 6) is -0.821. The van der Waals surface area contributed by atoms with E-state index in [0.29, 0.717) is 16.1 Å². The largest absolute Gasteiger partial charge is 0.242 e. The predicted molar refractivity (Wildman–Crippen MR) is 73.1 cm³/mol. The van der Waals surface area contributed by atoms with Crippen LogP contribution in [0.25, 0.3) is 10.4 Å². The van der Waals surface area contributed by atoms with Crippen LogP contribution in [0.1, 0.15) is 5.69 Å². The molecule has 0 bridgehead atoms. The highest BCUT2D eigenvalue weighted by Crippen LogP contribution is 2.35. The lowest BCUT2D eigenvalue weighted by Gasteiger charge is -2.03. The fraction of sp³-hybridized carbons (Fsp3) is 0.167. The number of aliphatic imine (C=N–C) groups is 1. The van der Waals surface area contributed by atoms with E-state index >= 15 is 0 Å². The van der Waals surface area contributed by atoms with E-state index in [1.807, 2.05) is 0 Å². The molecule has 1 aromatic heterocycles. The first-order valence-corrected chi connectivity index (χ1v) is 8.09. The Morgan fingerprint density at radius 3 is 2.65 bits per heavy atom. The third kappa shape index (κ3) is 2.82. The minimum Gasteiger partial charge on any atom is -0.224 e. The van der Waals surface area contributed by atoms with Gasteiger partial charge in [-0.15, -0.1) is 4.99 Å². The summed E-state index contributed by atoms with van der Waals surface area (Å²) in [5, 5.41) is 0.222. The minimum absolute atomic E-state index is 0.222. The lowest BCUT2D eigenvalue weighted by atomic mass is 10.1. The van der Waals surface area contributed by atoms with Crippen LogP contribution in [-0.4, -0.2) is 25.7 Å². The second-order valence-electron chi connectivity index (χ2n) is 4.03. The maximum Gasteiger partial charge on any atom is 0.242 e. The van der Waals surface area contributed by atoms with Crippen molar-refractivity contribution in [2.45, 2.75) is 11.8 Å². The number of rotatable bonds is 3. The van der Waals surface area contributed by atoms with Gasteiger partial charge in [0.15, 0.2) is 9.84 Å². The molecule has 0 N–H and O–H groups in total. The first-order chi connectivity index (χ1) is 9.32. The Labute approximate surface area is 118 Å². The zero-order valence-corrected chi connectivity index (χ0v) is 12.2. The quantitative estimate of drug-likeness (QED) is 0.645. The second kappa shape index (κ2) is 5.24. The third-order valence-corrected chi connectivity index (χ3v) is 4.75. The van der Waals surface area contributed by atoms with E-state index in [0.717, 1.165) is 23.7 Å². The summed E-state index contributed by atoms with van der Waals surface area (Å²) in [6.07, 6.45) is 2.33. The van der Waals surface area contributed by atoms with Crippen molar-refractivity contribution >= 4 is 32.4 Å². The van der Waals surface area contributed by atoms with Crippen LogP contribution < -0.4 is 0 Å². The molecule has 0 fully saturated rings. The number of hydrogen-bond donors (Lipinski definition) is 0. The van der Waals surface area contributed by atoms with Gasteiger partial charge in [-0.05, 0) is 24.6 Å². The highest BCUT2D eigenvalue weighted by atomic mass is 32.2. The van der Waals surface area contributed by atoms with Crippen LogP contribution in [0.5, 0.6) is 0 Å². The van der Waals surface area contributed by atoms with Gasteiger partial charge in [-0.25, -0.2) is 22.6 Å². The molecular weight excluding hydrogens is 303 g/mol. The Hall–Kier alpha value is -1.89. The van der Waals surface area contributed by atoms with Crippen molar-refractivity contribution in [2.24, 2.45) is 4.99 Å². The van der Waals surface area contributed by atoms with Crippen molar-refractivity contribution in [2.75, 3.05) is 6.26 Å². The Morgan fingerprint density at radius 1 is 1.40 bits per heavy atom. The van der Waals surface area contributed by atoms with E-state index in [9.17, 15) is 17.6 Å². The number of nitrogens with zero attached hydrogens (tertiary/aromatic N) is 2. The van der Waals surface area contributed by atoms with Crippen molar-refractivity contribution in [3.63, 3.8) is 0 Å². The molecule has 0 aliphatic carbocycles. The molecule has 20 heavy (non-hydrogen) atoms. The van der Waals surface area contributed by atoms with Gasteiger partial charge in [0.25, 0.3) is 0 Å². The van der Waals surface area contributed by atoms with E-state index in [1.165, 1.54) is 18.2 Å². The molecular formula is C12H9FN2O3S2. The average molecular weight is 312 g/mol. The first-order valence-electron chi connectivity index (χ1n) is 5.38. The van der Waals surface area contributed by atoms with E-state index in [4.69, 9.17) is 0 Å². The number of sulfone groups is 1. The van der Waals surface area contributed by atoms with Crippen molar-refractivity contribution in [3.05, 3.63) is 29.7 Å². The van der Waals surface area contributed by atoms with E-state index in [-0.39, 0.29) is 10.0 Å². The monoisotopic (exact) mass is 312 g/mol. The highest BCUT2D eigenvalue weighted by molar-refractivity contribution is 7.90. The fourth-order valence-electron chi connectivity index (χ4n) is 1.68. The van der Waals surface area contributed by atoms with Crippen LogP contribution in [0.4, 0.5) is 9.52 Å².